The van der Waals surface area contributed by atoms with Gasteiger partial charge in [0.2, 0.25) is 5.91 Å². The van der Waals surface area contributed by atoms with Crippen molar-refractivity contribution in [1.29, 1.82) is 0 Å². The summed E-state index contributed by atoms with van der Waals surface area (Å²) in [4.78, 5) is 18.3. The normalized spacial score (nSPS) is 17.2. The van der Waals surface area contributed by atoms with Crippen LogP contribution < -0.4 is 10.6 Å². The third-order valence-corrected chi connectivity index (χ3v) is 4.42. The van der Waals surface area contributed by atoms with Crippen LogP contribution in [0.2, 0.25) is 0 Å². The summed E-state index contributed by atoms with van der Waals surface area (Å²) in [5.41, 5.74) is 2.36. The molecular formula is C19H31IN4O2. The molecular weight excluding hydrogens is 443 g/mol. The van der Waals surface area contributed by atoms with Crippen molar-refractivity contribution in [1.82, 2.24) is 15.5 Å². The van der Waals surface area contributed by atoms with Crippen molar-refractivity contribution >= 4 is 35.8 Å². The number of benzene rings is 1. The van der Waals surface area contributed by atoms with E-state index in [0.717, 1.165) is 25.5 Å². The molecule has 6 nitrogen and oxygen atoms in total. The van der Waals surface area contributed by atoms with E-state index >= 15 is 0 Å². The van der Waals surface area contributed by atoms with Gasteiger partial charge in [-0.05, 0) is 17.5 Å². The van der Waals surface area contributed by atoms with Crippen LogP contribution in [0.25, 0.3) is 0 Å². The van der Waals surface area contributed by atoms with Crippen molar-refractivity contribution in [2.45, 2.75) is 39.5 Å². The lowest BCUT2D eigenvalue weighted by molar-refractivity contribution is -0.133. The zero-order valence-electron chi connectivity index (χ0n) is 16.1. The number of hydrogen-bond donors (Lipinski definition) is 2. The smallest absolute Gasteiger partial charge is 0.225 e. The van der Waals surface area contributed by atoms with E-state index in [1.165, 1.54) is 11.1 Å². The van der Waals surface area contributed by atoms with E-state index in [2.05, 4.69) is 27.8 Å². The highest BCUT2D eigenvalue weighted by Gasteiger charge is 2.27. The number of hydrogen-bond acceptors (Lipinski definition) is 3. The average molecular weight is 474 g/mol. The minimum Gasteiger partial charge on any atom is -0.380 e. The number of ether oxygens (including phenoxy) is 1. The maximum absolute atomic E-state index is 12.1. The molecule has 0 aliphatic carbocycles. The topological polar surface area (TPSA) is 66.0 Å². The zero-order valence-corrected chi connectivity index (χ0v) is 18.4. The van der Waals surface area contributed by atoms with Gasteiger partial charge in [-0.1, -0.05) is 38.1 Å². The van der Waals surface area contributed by atoms with Gasteiger partial charge in [0.05, 0.1) is 6.61 Å². The van der Waals surface area contributed by atoms with Crippen LogP contribution in [0.4, 0.5) is 0 Å². The standard InChI is InChI=1S/C19H30N4O2.HI/c1-14(2)18(24)23-10-9-17(12-23)22-19(20-3)21-11-15-7-5-6-8-16(15)13-25-4;/h5-8,14,17H,9-13H2,1-4H3,(H2,20,21,22);1H. The summed E-state index contributed by atoms with van der Waals surface area (Å²) < 4.78 is 5.25. The Labute approximate surface area is 173 Å². The Morgan fingerprint density at radius 3 is 2.65 bits per heavy atom. The van der Waals surface area contributed by atoms with Crippen LogP contribution in [-0.2, 0) is 22.7 Å². The number of halogens is 1. The molecule has 1 aromatic carbocycles. The number of carbonyl (C=O) groups excluding carboxylic acids is 1. The van der Waals surface area contributed by atoms with Gasteiger partial charge in [-0.3, -0.25) is 9.79 Å². The van der Waals surface area contributed by atoms with Crippen LogP contribution >= 0.6 is 24.0 Å². The van der Waals surface area contributed by atoms with Crippen LogP contribution in [0, 0.1) is 5.92 Å². The number of nitrogens with zero attached hydrogens (tertiary/aromatic N) is 2. The minimum absolute atomic E-state index is 0. The molecule has 0 saturated carbocycles. The first-order valence-corrected chi connectivity index (χ1v) is 8.86. The molecule has 2 rings (SSSR count). The van der Waals surface area contributed by atoms with Gasteiger partial charge >= 0.3 is 0 Å². The third kappa shape index (κ3) is 6.42. The maximum Gasteiger partial charge on any atom is 0.225 e. The number of aliphatic imine (C=N–C) groups is 1. The monoisotopic (exact) mass is 474 g/mol. The molecule has 1 atom stereocenters. The minimum atomic E-state index is 0. The molecule has 146 valence electrons. The molecule has 1 aliphatic rings. The summed E-state index contributed by atoms with van der Waals surface area (Å²) in [6.07, 6.45) is 0.944. The molecule has 1 amide bonds. The Morgan fingerprint density at radius 1 is 1.35 bits per heavy atom. The first-order chi connectivity index (χ1) is 12.0. The summed E-state index contributed by atoms with van der Waals surface area (Å²) in [7, 11) is 3.47. The quantitative estimate of drug-likeness (QED) is 0.378. The van der Waals surface area contributed by atoms with Crippen LogP contribution in [0.1, 0.15) is 31.4 Å². The Morgan fingerprint density at radius 2 is 2.04 bits per heavy atom. The summed E-state index contributed by atoms with van der Waals surface area (Å²) in [6, 6.07) is 8.45. The number of guanidine groups is 1. The lowest BCUT2D eigenvalue weighted by Gasteiger charge is -2.20. The van der Waals surface area contributed by atoms with Crippen molar-refractivity contribution < 1.29 is 9.53 Å². The molecule has 1 aromatic rings. The first kappa shape index (κ1) is 22.7. The predicted molar refractivity (Wildman–Crippen MR) is 116 cm³/mol. The molecule has 1 unspecified atom stereocenters. The zero-order chi connectivity index (χ0) is 18.2. The van der Waals surface area contributed by atoms with E-state index in [4.69, 9.17) is 4.74 Å². The van der Waals surface area contributed by atoms with E-state index in [1.54, 1.807) is 14.2 Å². The molecule has 1 saturated heterocycles. The number of amides is 1. The van der Waals surface area contributed by atoms with Gasteiger partial charge < -0.3 is 20.3 Å². The number of likely N-dealkylation sites (tertiary alicyclic amines) is 1. The molecule has 2 N–H and O–H groups in total. The van der Waals surface area contributed by atoms with Crippen molar-refractivity contribution in [3.8, 4) is 0 Å². The molecule has 7 heteroatoms. The fourth-order valence-electron chi connectivity index (χ4n) is 3.04. The SMILES string of the molecule is CN=C(NCc1ccccc1COC)NC1CCN(C(=O)C(C)C)C1.I. The van der Waals surface area contributed by atoms with Crippen LogP contribution in [-0.4, -0.2) is 50.1 Å². The summed E-state index contributed by atoms with van der Waals surface area (Å²) >= 11 is 0. The first-order valence-electron chi connectivity index (χ1n) is 8.86. The fourth-order valence-corrected chi connectivity index (χ4v) is 3.04. The summed E-state index contributed by atoms with van der Waals surface area (Å²) in [5.74, 6) is 1.03. The van der Waals surface area contributed by atoms with Gasteiger partial charge in [-0.2, -0.15) is 0 Å². The van der Waals surface area contributed by atoms with Crippen LogP contribution in [0.5, 0.6) is 0 Å². The van der Waals surface area contributed by atoms with Gasteiger partial charge in [-0.25, -0.2) is 0 Å². The number of rotatable bonds is 6. The molecule has 0 radical (unpaired) electrons. The Bertz CT molecular complexity index is 607. The van der Waals surface area contributed by atoms with Crippen molar-refractivity contribution in [3.05, 3.63) is 35.4 Å². The number of nitrogens with one attached hydrogen (secondary N) is 2. The Balaban J connectivity index is 0.00000338. The van der Waals surface area contributed by atoms with Gasteiger partial charge in [0.15, 0.2) is 5.96 Å². The predicted octanol–water partition coefficient (Wildman–Crippen LogP) is 2.37. The van der Waals surface area contributed by atoms with Crippen molar-refractivity contribution in [2.24, 2.45) is 10.9 Å². The molecule has 1 fully saturated rings. The average Bonchev–Trinajstić information content (AvgIpc) is 3.07. The van der Waals surface area contributed by atoms with Gasteiger partial charge in [-0.15, -0.1) is 24.0 Å². The molecule has 0 aromatic heterocycles. The highest BCUT2D eigenvalue weighted by Crippen LogP contribution is 2.13. The van der Waals surface area contributed by atoms with E-state index in [-0.39, 0.29) is 41.8 Å². The van der Waals surface area contributed by atoms with E-state index < -0.39 is 0 Å². The van der Waals surface area contributed by atoms with E-state index in [0.29, 0.717) is 13.2 Å². The van der Waals surface area contributed by atoms with E-state index in [1.807, 2.05) is 30.9 Å². The molecule has 26 heavy (non-hydrogen) atoms. The molecule has 1 heterocycles. The molecule has 0 spiro atoms. The highest BCUT2D eigenvalue weighted by molar-refractivity contribution is 14.0. The lowest BCUT2D eigenvalue weighted by Crippen LogP contribution is -2.45. The second-order valence-electron chi connectivity index (χ2n) is 6.70. The fraction of sp³-hybridized carbons (Fsp3) is 0.579. The number of carbonyl (C=O) groups is 1. The van der Waals surface area contributed by atoms with E-state index in [9.17, 15) is 4.79 Å². The summed E-state index contributed by atoms with van der Waals surface area (Å²) in [5, 5.41) is 6.78. The summed E-state index contributed by atoms with van der Waals surface area (Å²) in [6.45, 7) is 6.71. The van der Waals surface area contributed by atoms with Gasteiger partial charge in [0.1, 0.15) is 0 Å². The van der Waals surface area contributed by atoms with Gasteiger partial charge in [0, 0.05) is 45.8 Å². The highest BCUT2D eigenvalue weighted by atomic mass is 127. The Kier molecular flexibility index (Phi) is 9.93. The lowest BCUT2D eigenvalue weighted by atomic mass is 10.1. The second kappa shape index (κ2) is 11.4. The van der Waals surface area contributed by atoms with Crippen molar-refractivity contribution in [3.63, 3.8) is 0 Å². The second-order valence-corrected chi connectivity index (χ2v) is 6.70. The van der Waals surface area contributed by atoms with Crippen molar-refractivity contribution in [2.75, 3.05) is 27.2 Å². The number of methoxy groups -OCH3 is 1. The maximum atomic E-state index is 12.1. The third-order valence-electron chi connectivity index (χ3n) is 4.42. The van der Waals surface area contributed by atoms with Crippen LogP contribution in [0.15, 0.2) is 29.3 Å². The molecule has 0 bridgehead atoms. The largest absolute Gasteiger partial charge is 0.380 e. The molecule has 1 aliphatic heterocycles. The van der Waals surface area contributed by atoms with Gasteiger partial charge in [0.25, 0.3) is 0 Å². The Hall–Kier alpha value is -1.35. The van der Waals surface area contributed by atoms with Crippen LogP contribution in [0.3, 0.4) is 0 Å².